The summed E-state index contributed by atoms with van der Waals surface area (Å²) in [7, 11) is 1.36. The molecule has 2 aromatic rings. The Hall–Kier alpha value is -1.95. The quantitative estimate of drug-likeness (QED) is 0.928. The number of aromatic carboxylic acids is 1. The molecule has 18 heavy (non-hydrogen) atoms. The summed E-state index contributed by atoms with van der Waals surface area (Å²) in [5.74, 6) is -1.51. The zero-order chi connectivity index (χ0) is 13.3. The Labute approximate surface area is 107 Å². The number of aryl methyl sites for hydroxylation is 1. The van der Waals surface area contributed by atoms with E-state index in [1.807, 2.05) is 0 Å². The molecular formula is C12H10FNO3S. The zero-order valence-electron chi connectivity index (χ0n) is 9.73. The first-order valence-electron chi connectivity index (χ1n) is 5.07. The van der Waals surface area contributed by atoms with Crippen LogP contribution in [-0.2, 0) is 0 Å². The van der Waals surface area contributed by atoms with Crippen LogP contribution in [0.3, 0.4) is 0 Å². The number of halogens is 1. The molecule has 0 radical (unpaired) electrons. The van der Waals surface area contributed by atoms with Gasteiger partial charge < -0.3 is 9.84 Å². The van der Waals surface area contributed by atoms with Crippen molar-refractivity contribution in [2.75, 3.05) is 7.11 Å². The van der Waals surface area contributed by atoms with Gasteiger partial charge >= 0.3 is 5.97 Å². The third kappa shape index (κ3) is 2.19. The average molecular weight is 267 g/mol. The number of ether oxygens (including phenoxy) is 1. The van der Waals surface area contributed by atoms with E-state index in [2.05, 4.69) is 4.98 Å². The number of benzene rings is 1. The summed E-state index contributed by atoms with van der Waals surface area (Å²) in [6.45, 7) is 1.72. The minimum Gasteiger partial charge on any atom is -0.494 e. The van der Waals surface area contributed by atoms with Crippen molar-refractivity contribution in [1.82, 2.24) is 4.98 Å². The van der Waals surface area contributed by atoms with Gasteiger partial charge in [-0.1, -0.05) is 6.07 Å². The van der Waals surface area contributed by atoms with Gasteiger partial charge in [0.05, 0.1) is 17.0 Å². The molecule has 0 saturated carbocycles. The molecule has 6 heteroatoms. The lowest BCUT2D eigenvalue weighted by atomic mass is 10.1. The van der Waals surface area contributed by atoms with Crippen LogP contribution in [0.1, 0.15) is 15.5 Å². The second-order valence-corrected chi connectivity index (χ2v) is 4.77. The lowest BCUT2D eigenvalue weighted by Gasteiger charge is -2.04. The van der Waals surface area contributed by atoms with Crippen molar-refractivity contribution >= 4 is 17.3 Å². The number of carboxylic acid groups (broad SMARTS) is 1. The number of methoxy groups -OCH3 is 1. The van der Waals surface area contributed by atoms with E-state index in [1.54, 1.807) is 6.92 Å². The largest absolute Gasteiger partial charge is 0.494 e. The van der Waals surface area contributed by atoms with Gasteiger partial charge in [-0.05, 0) is 24.6 Å². The van der Waals surface area contributed by atoms with E-state index < -0.39 is 11.8 Å². The summed E-state index contributed by atoms with van der Waals surface area (Å²) >= 11 is 1.25. The molecule has 0 aliphatic carbocycles. The van der Waals surface area contributed by atoms with E-state index in [0.717, 1.165) is 0 Å². The standard InChI is InChI=1S/C12H10FNO3S/c1-6-14-10(12(15)16)11(18-6)7-3-4-8(13)9(5-7)17-2/h3-5H,1-2H3,(H,15,16). The highest BCUT2D eigenvalue weighted by Crippen LogP contribution is 2.33. The van der Waals surface area contributed by atoms with Gasteiger partial charge in [0, 0.05) is 0 Å². The Balaban J connectivity index is 2.58. The van der Waals surface area contributed by atoms with Gasteiger partial charge in [-0.15, -0.1) is 11.3 Å². The fourth-order valence-electron chi connectivity index (χ4n) is 1.57. The summed E-state index contributed by atoms with van der Waals surface area (Å²) in [6, 6.07) is 4.22. The summed E-state index contributed by atoms with van der Waals surface area (Å²) in [4.78, 5) is 15.5. The van der Waals surface area contributed by atoms with Crippen molar-refractivity contribution in [2.24, 2.45) is 0 Å². The van der Waals surface area contributed by atoms with Gasteiger partial charge in [0.25, 0.3) is 0 Å². The van der Waals surface area contributed by atoms with Crippen LogP contribution in [0.2, 0.25) is 0 Å². The van der Waals surface area contributed by atoms with Gasteiger partial charge in [0.1, 0.15) is 0 Å². The van der Waals surface area contributed by atoms with Gasteiger partial charge in [-0.25, -0.2) is 14.2 Å². The highest BCUT2D eigenvalue weighted by atomic mass is 32.1. The maximum Gasteiger partial charge on any atom is 0.356 e. The number of aromatic nitrogens is 1. The number of thiazole rings is 1. The minimum atomic E-state index is -1.10. The molecular weight excluding hydrogens is 257 g/mol. The van der Waals surface area contributed by atoms with Crippen LogP contribution in [0, 0.1) is 12.7 Å². The van der Waals surface area contributed by atoms with Crippen molar-refractivity contribution in [3.63, 3.8) is 0 Å². The number of hydrogen-bond donors (Lipinski definition) is 1. The number of carboxylic acids is 1. The van der Waals surface area contributed by atoms with Crippen molar-refractivity contribution in [2.45, 2.75) is 6.92 Å². The first-order valence-corrected chi connectivity index (χ1v) is 5.89. The maximum absolute atomic E-state index is 13.3. The summed E-state index contributed by atoms with van der Waals surface area (Å²) < 4.78 is 18.2. The molecule has 1 heterocycles. The summed E-state index contributed by atoms with van der Waals surface area (Å²) in [5.41, 5.74) is 0.558. The lowest BCUT2D eigenvalue weighted by molar-refractivity contribution is 0.0692. The molecule has 4 nitrogen and oxygen atoms in total. The van der Waals surface area contributed by atoms with E-state index >= 15 is 0 Å². The fourth-order valence-corrected chi connectivity index (χ4v) is 2.48. The van der Waals surface area contributed by atoms with Crippen molar-refractivity contribution < 1.29 is 19.0 Å². The molecule has 0 aliphatic heterocycles. The monoisotopic (exact) mass is 267 g/mol. The summed E-state index contributed by atoms with van der Waals surface area (Å²) in [5, 5.41) is 9.70. The van der Waals surface area contributed by atoms with Crippen LogP contribution >= 0.6 is 11.3 Å². The fraction of sp³-hybridized carbons (Fsp3) is 0.167. The Morgan fingerprint density at radius 3 is 2.83 bits per heavy atom. The van der Waals surface area contributed by atoms with Crippen molar-refractivity contribution in [3.8, 4) is 16.2 Å². The molecule has 0 unspecified atom stereocenters. The van der Waals surface area contributed by atoms with E-state index in [9.17, 15) is 9.18 Å². The smallest absolute Gasteiger partial charge is 0.356 e. The van der Waals surface area contributed by atoms with Crippen LogP contribution in [0.4, 0.5) is 4.39 Å². The zero-order valence-corrected chi connectivity index (χ0v) is 10.5. The SMILES string of the molecule is COc1cc(-c2sc(C)nc2C(=O)O)ccc1F. The number of rotatable bonds is 3. The molecule has 0 aliphatic rings. The Kier molecular flexibility index (Phi) is 3.29. The van der Waals surface area contributed by atoms with Gasteiger partial charge in [-0.2, -0.15) is 0 Å². The highest BCUT2D eigenvalue weighted by Gasteiger charge is 2.18. The molecule has 0 saturated heterocycles. The van der Waals surface area contributed by atoms with Crippen molar-refractivity contribution in [1.29, 1.82) is 0 Å². The Bertz CT molecular complexity index is 609. The lowest BCUT2D eigenvalue weighted by Crippen LogP contribution is -1.99. The molecule has 0 atom stereocenters. The predicted octanol–water partition coefficient (Wildman–Crippen LogP) is 2.96. The Morgan fingerprint density at radius 1 is 1.50 bits per heavy atom. The van der Waals surface area contributed by atoms with Crippen LogP contribution in [0.5, 0.6) is 5.75 Å². The van der Waals surface area contributed by atoms with Crippen LogP contribution in [0.15, 0.2) is 18.2 Å². The van der Waals surface area contributed by atoms with Crippen molar-refractivity contribution in [3.05, 3.63) is 34.7 Å². The topological polar surface area (TPSA) is 59.4 Å². The molecule has 0 spiro atoms. The van der Waals surface area contributed by atoms with Gasteiger partial charge in [-0.3, -0.25) is 0 Å². The molecule has 0 amide bonds. The molecule has 94 valence electrons. The molecule has 0 fully saturated rings. The third-order valence-electron chi connectivity index (χ3n) is 2.35. The highest BCUT2D eigenvalue weighted by molar-refractivity contribution is 7.15. The molecule has 1 aromatic carbocycles. The van der Waals surface area contributed by atoms with Gasteiger partial charge in [0.2, 0.25) is 0 Å². The second kappa shape index (κ2) is 4.73. The number of nitrogens with zero attached hydrogens (tertiary/aromatic N) is 1. The van der Waals surface area contributed by atoms with E-state index in [0.29, 0.717) is 15.4 Å². The molecule has 0 bridgehead atoms. The molecule has 2 rings (SSSR count). The maximum atomic E-state index is 13.3. The summed E-state index contributed by atoms with van der Waals surface area (Å²) in [6.07, 6.45) is 0. The Morgan fingerprint density at radius 2 is 2.22 bits per heavy atom. The number of hydrogen-bond acceptors (Lipinski definition) is 4. The van der Waals surface area contributed by atoms with Gasteiger partial charge in [0.15, 0.2) is 17.3 Å². The first kappa shape index (κ1) is 12.5. The van der Waals surface area contributed by atoms with E-state index in [1.165, 1.54) is 36.6 Å². The third-order valence-corrected chi connectivity index (χ3v) is 3.37. The van der Waals surface area contributed by atoms with Crippen LogP contribution in [-0.4, -0.2) is 23.2 Å². The second-order valence-electron chi connectivity index (χ2n) is 3.57. The number of carbonyl (C=O) groups is 1. The van der Waals surface area contributed by atoms with E-state index in [-0.39, 0.29) is 11.4 Å². The predicted molar refractivity (Wildman–Crippen MR) is 65.8 cm³/mol. The molecule has 1 aromatic heterocycles. The van der Waals surface area contributed by atoms with Crippen LogP contribution in [0.25, 0.3) is 10.4 Å². The first-order chi connectivity index (χ1) is 8.52. The minimum absolute atomic E-state index is 0.0221. The average Bonchev–Trinajstić information content (AvgIpc) is 2.72. The van der Waals surface area contributed by atoms with E-state index in [4.69, 9.17) is 9.84 Å². The molecule has 1 N–H and O–H groups in total. The van der Waals surface area contributed by atoms with Crippen LogP contribution < -0.4 is 4.74 Å². The normalized spacial score (nSPS) is 10.4.